The van der Waals surface area contributed by atoms with Gasteiger partial charge in [-0.05, 0) is 6.07 Å². The smallest absolute Gasteiger partial charge is 0.210 e. The molecule has 0 spiro atoms. The maximum atomic E-state index is 8.71. The topological polar surface area (TPSA) is 96.1 Å². The summed E-state index contributed by atoms with van der Waals surface area (Å²) in [5.74, 6) is 0. The Kier molecular flexibility index (Phi) is 2.91. The second-order valence-electron chi connectivity index (χ2n) is 4.59. The van der Waals surface area contributed by atoms with E-state index in [-0.39, 0.29) is 0 Å². The van der Waals surface area contributed by atoms with E-state index in [1.165, 1.54) is 11.3 Å². The van der Waals surface area contributed by atoms with Crippen LogP contribution in [0.5, 0.6) is 0 Å². The Morgan fingerprint density at radius 2 is 2.32 bits per heavy atom. The predicted molar refractivity (Wildman–Crippen MR) is 81.4 cm³/mol. The summed E-state index contributed by atoms with van der Waals surface area (Å²) in [6.07, 6.45) is 7.35. The highest BCUT2D eigenvalue weighted by Crippen LogP contribution is 2.26. The minimum Gasteiger partial charge on any atom is -0.329 e. The van der Waals surface area contributed by atoms with Gasteiger partial charge in [-0.1, -0.05) is 0 Å². The van der Waals surface area contributed by atoms with Crippen LogP contribution in [0.2, 0.25) is 0 Å². The number of hydrogen-bond donors (Lipinski definition) is 1. The van der Waals surface area contributed by atoms with Crippen LogP contribution in [-0.2, 0) is 6.42 Å². The Morgan fingerprint density at radius 3 is 3.23 bits per heavy atom. The van der Waals surface area contributed by atoms with Crippen molar-refractivity contribution in [3.8, 4) is 22.3 Å². The van der Waals surface area contributed by atoms with Crippen LogP contribution >= 0.6 is 11.3 Å². The van der Waals surface area contributed by atoms with E-state index in [1.807, 2.05) is 17.6 Å². The molecule has 0 bridgehead atoms. The van der Waals surface area contributed by atoms with Gasteiger partial charge in [-0.15, -0.1) is 11.3 Å². The lowest BCUT2D eigenvalue weighted by Crippen LogP contribution is -1.93. The fourth-order valence-corrected chi connectivity index (χ4v) is 2.97. The van der Waals surface area contributed by atoms with Gasteiger partial charge in [-0.3, -0.25) is 0 Å². The molecule has 0 unspecified atom stereocenters. The lowest BCUT2D eigenvalue weighted by Gasteiger charge is -1.97. The minimum atomic E-state index is 0.308. The number of pyridine rings is 1. The van der Waals surface area contributed by atoms with E-state index in [0.29, 0.717) is 6.42 Å². The zero-order chi connectivity index (χ0) is 14.9. The summed E-state index contributed by atoms with van der Waals surface area (Å²) in [5.41, 5.74) is 4.23. The number of nitrogens with one attached hydrogen (secondary N) is 1. The first-order valence-electron chi connectivity index (χ1n) is 6.50. The van der Waals surface area contributed by atoms with E-state index in [2.05, 4.69) is 31.1 Å². The molecule has 0 amide bonds. The van der Waals surface area contributed by atoms with Gasteiger partial charge < -0.3 is 4.98 Å². The molecule has 4 heterocycles. The average Bonchev–Trinajstić information content (AvgIpc) is 3.26. The van der Waals surface area contributed by atoms with Gasteiger partial charge >= 0.3 is 0 Å². The summed E-state index contributed by atoms with van der Waals surface area (Å²) in [6.45, 7) is 0. The largest absolute Gasteiger partial charge is 0.329 e. The van der Waals surface area contributed by atoms with Crippen LogP contribution in [0.1, 0.15) is 5.69 Å². The van der Waals surface area contributed by atoms with Crippen LogP contribution in [0, 0.1) is 11.3 Å². The van der Waals surface area contributed by atoms with Crippen molar-refractivity contribution in [2.45, 2.75) is 6.42 Å². The van der Waals surface area contributed by atoms with Gasteiger partial charge in [0.1, 0.15) is 5.52 Å². The highest BCUT2D eigenvalue weighted by atomic mass is 32.1. The Bertz CT molecular complexity index is 988. The number of nitrogens with zero attached hydrogens (tertiary/aromatic N) is 6. The van der Waals surface area contributed by atoms with Gasteiger partial charge in [0, 0.05) is 28.9 Å². The second kappa shape index (κ2) is 5.05. The quantitative estimate of drug-likeness (QED) is 0.626. The molecule has 4 aromatic heterocycles. The summed E-state index contributed by atoms with van der Waals surface area (Å²) >= 11 is 1.46. The summed E-state index contributed by atoms with van der Waals surface area (Å²) < 4.78 is 1.71. The zero-order valence-corrected chi connectivity index (χ0v) is 12.1. The first kappa shape index (κ1) is 12.7. The van der Waals surface area contributed by atoms with E-state index in [1.54, 1.807) is 23.4 Å². The molecule has 0 aliphatic carbocycles. The zero-order valence-electron chi connectivity index (χ0n) is 11.3. The highest BCUT2D eigenvalue weighted by molar-refractivity contribution is 7.12. The van der Waals surface area contributed by atoms with E-state index in [0.717, 1.165) is 33.1 Å². The molecule has 7 nitrogen and oxygen atoms in total. The molecule has 106 valence electrons. The molecule has 0 atom stereocenters. The Morgan fingerprint density at radius 1 is 1.36 bits per heavy atom. The molecule has 0 aliphatic rings. The SMILES string of the molecule is N#CCc1csc(-n2cc(-c3ccnc4[nH]cnc34)cn2)n1. The number of aromatic nitrogens is 6. The fraction of sp³-hybridized carbons (Fsp3) is 0.0714. The van der Waals surface area contributed by atoms with E-state index in [4.69, 9.17) is 5.26 Å². The number of fused-ring (bicyclic) bond motifs is 1. The minimum absolute atomic E-state index is 0.308. The van der Waals surface area contributed by atoms with Crippen molar-refractivity contribution in [1.29, 1.82) is 5.26 Å². The third-order valence-electron chi connectivity index (χ3n) is 3.21. The normalized spacial score (nSPS) is 10.9. The second-order valence-corrected chi connectivity index (χ2v) is 5.42. The maximum absolute atomic E-state index is 8.71. The monoisotopic (exact) mass is 307 g/mol. The van der Waals surface area contributed by atoms with Gasteiger partial charge in [0.25, 0.3) is 0 Å². The van der Waals surface area contributed by atoms with Crippen LogP contribution in [-0.4, -0.2) is 29.7 Å². The van der Waals surface area contributed by atoms with Gasteiger partial charge in [0.2, 0.25) is 5.13 Å². The molecule has 22 heavy (non-hydrogen) atoms. The number of imidazole rings is 1. The van der Waals surface area contributed by atoms with Crippen LogP contribution < -0.4 is 0 Å². The molecule has 8 heteroatoms. The van der Waals surface area contributed by atoms with Crippen LogP contribution in [0.3, 0.4) is 0 Å². The van der Waals surface area contributed by atoms with Gasteiger partial charge in [0.05, 0.1) is 30.7 Å². The lowest BCUT2D eigenvalue weighted by atomic mass is 10.1. The number of aromatic amines is 1. The van der Waals surface area contributed by atoms with Gasteiger partial charge in [-0.25, -0.2) is 19.6 Å². The molecule has 0 radical (unpaired) electrons. The molecule has 0 saturated carbocycles. The first-order chi connectivity index (χ1) is 10.8. The molecular weight excluding hydrogens is 298 g/mol. The van der Waals surface area contributed by atoms with Crippen molar-refractivity contribution in [3.05, 3.63) is 42.1 Å². The number of thiazole rings is 1. The van der Waals surface area contributed by atoms with Crippen molar-refractivity contribution in [3.63, 3.8) is 0 Å². The average molecular weight is 307 g/mol. The Balaban J connectivity index is 1.75. The molecule has 0 saturated heterocycles. The van der Waals surface area contributed by atoms with E-state index >= 15 is 0 Å². The van der Waals surface area contributed by atoms with Crippen molar-refractivity contribution < 1.29 is 0 Å². The third kappa shape index (κ3) is 2.04. The van der Waals surface area contributed by atoms with Gasteiger partial charge in [0.15, 0.2) is 5.65 Å². The number of nitriles is 1. The summed E-state index contributed by atoms with van der Waals surface area (Å²) in [5, 5.41) is 15.7. The number of hydrogen-bond acceptors (Lipinski definition) is 6. The van der Waals surface area contributed by atoms with Crippen molar-refractivity contribution >= 4 is 22.5 Å². The molecule has 1 N–H and O–H groups in total. The lowest BCUT2D eigenvalue weighted by molar-refractivity contribution is 0.863. The summed E-state index contributed by atoms with van der Waals surface area (Å²) in [4.78, 5) is 15.9. The molecular formula is C14H9N7S. The van der Waals surface area contributed by atoms with Crippen LogP contribution in [0.25, 0.3) is 27.4 Å². The van der Waals surface area contributed by atoms with Crippen molar-refractivity contribution in [2.24, 2.45) is 0 Å². The fourth-order valence-electron chi connectivity index (χ4n) is 2.21. The molecule has 0 aliphatic heterocycles. The Labute approximate surface area is 128 Å². The first-order valence-corrected chi connectivity index (χ1v) is 7.38. The van der Waals surface area contributed by atoms with E-state index < -0.39 is 0 Å². The predicted octanol–water partition coefficient (Wildman–Crippen LogP) is 2.33. The van der Waals surface area contributed by atoms with Crippen molar-refractivity contribution in [2.75, 3.05) is 0 Å². The number of rotatable bonds is 3. The summed E-state index contributed by atoms with van der Waals surface area (Å²) in [7, 11) is 0. The highest BCUT2D eigenvalue weighted by Gasteiger charge is 2.11. The molecule has 4 rings (SSSR count). The van der Waals surface area contributed by atoms with Crippen molar-refractivity contribution in [1.82, 2.24) is 29.7 Å². The van der Waals surface area contributed by atoms with E-state index in [9.17, 15) is 0 Å². The van der Waals surface area contributed by atoms with Gasteiger partial charge in [-0.2, -0.15) is 10.4 Å². The molecule has 0 aromatic carbocycles. The molecule has 4 aromatic rings. The van der Waals surface area contributed by atoms with Crippen LogP contribution in [0.15, 0.2) is 36.4 Å². The van der Waals surface area contributed by atoms with Crippen LogP contribution in [0.4, 0.5) is 0 Å². The summed E-state index contributed by atoms with van der Waals surface area (Å²) in [6, 6.07) is 4.00. The Hall–Kier alpha value is -3.05. The maximum Gasteiger partial charge on any atom is 0.210 e. The number of H-pyrrole nitrogens is 1. The standard InChI is InChI=1S/C14H9N7S/c15-3-1-10-7-22-14(20-10)21-6-9(5-19-21)11-2-4-16-13-12(11)17-8-18-13/h2,4-8H,1H2,(H,16,17,18). The third-order valence-corrected chi connectivity index (χ3v) is 4.09. The molecule has 0 fully saturated rings.